The maximum Gasteiger partial charge on any atom is 0.0638 e. The molecule has 36 valence electrons. The Morgan fingerprint density at radius 1 is 1.29 bits per heavy atom. The third kappa shape index (κ3) is 1.20. The standard InChI is InChI=1S/C6H5Cl/c7-6-4-2-1-3-5-6/h1-5H/i1D,2D,3D,4D,5D. The van der Waals surface area contributed by atoms with Crippen molar-refractivity contribution in [2.75, 3.05) is 0 Å². The molecule has 0 unspecified atom stereocenters. The van der Waals surface area contributed by atoms with E-state index in [1.165, 1.54) is 0 Å². The molecule has 0 spiro atoms. The average Bonchev–Trinajstić information content (AvgIpc) is 2.08. The van der Waals surface area contributed by atoms with Crippen molar-refractivity contribution in [3.8, 4) is 0 Å². The molecule has 0 amide bonds. The van der Waals surface area contributed by atoms with Crippen molar-refractivity contribution < 1.29 is 6.85 Å². The first-order valence-electron chi connectivity index (χ1n) is 4.19. The van der Waals surface area contributed by atoms with E-state index in [2.05, 4.69) is 0 Å². The molecule has 0 aromatic heterocycles. The van der Waals surface area contributed by atoms with Crippen LogP contribution < -0.4 is 0 Å². The van der Waals surface area contributed by atoms with Crippen molar-refractivity contribution in [2.24, 2.45) is 0 Å². The molecule has 7 heavy (non-hydrogen) atoms. The van der Waals surface area contributed by atoms with E-state index in [1.807, 2.05) is 0 Å². The Hall–Kier alpha value is -0.490. The van der Waals surface area contributed by atoms with E-state index in [0.29, 0.717) is 0 Å². The van der Waals surface area contributed by atoms with Gasteiger partial charge in [-0.2, -0.15) is 0 Å². The number of halogens is 1. The smallest absolute Gasteiger partial charge is 0.0638 e. The van der Waals surface area contributed by atoms with Gasteiger partial charge in [-0.1, -0.05) is 29.7 Å². The maximum atomic E-state index is 7.18. The molecule has 0 aliphatic carbocycles. The minimum Gasteiger partial charge on any atom is -0.0843 e. The molecule has 0 fully saturated rings. The molecule has 0 saturated heterocycles. The lowest BCUT2D eigenvalue weighted by Gasteiger charge is -1.80. The molecule has 0 aliphatic heterocycles. The summed E-state index contributed by atoms with van der Waals surface area (Å²) in [5, 5.41) is -0.235. The molecule has 1 heteroatoms. The molecule has 0 aliphatic rings. The third-order valence-corrected chi connectivity index (χ3v) is 0.658. The number of hydrogen-bond donors (Lipinski definition) is 0. The van der Waals surface area contributed by atoms with Gasteiger partial charge in [-0.25, -0.2) is 0 Å². The molecule has 1 aromatic rings. The van der Waals surface area contributed by atoms with Crippen LogP contribution in [0.3, 0.4) is 0 Å². The largest absolute Gasteiger partial charge is 0.0843 e. The van der Waals surface area contributed by atoms with Gasteiger partial charge in [-0.15, -0.1) is 0 Å². The topological polar surface area (TPSA) is 0 Å². The highest BCUT2D eigenvalue weighted by molar-refractivity contribution is 6.30. The van der Waals surface area contributed by atoms with Gasteiger partial charge in [0.1, 0.15) is 0 Å². The molecule has 0 nitrogen and oxygen atoms in total. The van der Waals surface area contributed by atoms with Crippen molar-refractivity contribution in [3.05, 3.63) is 35.2 Å². The predicted octanol–water partition coefficient (Wildman–Crippen LogP) is 2.34. The molecule has 0 heterocycles. The first-order chi connectivity index (χ1) is 5.46. The Morgan fingerprint density at radius 3 is 2.43 bits per heavy atom. The summed E-state index contributed by atoms with van der Waals surface area (Å²) in [6, 6.07) is -1.94. The fourth-order valence-corrected chi connectivity index (χ4v) is 0.329. The van der Waals surface area contributed by atoms with Gasteiger partial charge in [-0.05, 0) is 12.1 Å². The highest BCUT2D eigenvalue weighted by Gasteiger charge is 1.74. The van der Waals surface area contributed by atoms with Crippen LogP contribution in [-0.2, 0) is 0 Å². The van der Waals surface area contributed by atoms with Crippen LogP contribution in [0.25, 0.3) is 0 Å². The van der Waals surface area contributed by atoms with Crippen LogP contribution in [-0.4, -0.2) is 0 Å². The van der Waals surface area contributed by atoms with Crippen molar-refractivity contribution in [2.45, 2.75) is 0 Å². The second-order valence-electron chi connectivity index (χ2n) is 0.939. The first kappa shape index (κ1) is 1.49. The van der Waals surface area contributed by atoms with Crippen molar-refractivity contribution in [1.29, 1.82) is 0 Å². The van der Waals surface area contributed by atoms with Gasteiger partial charge >= 0.3 is 0 Å². The third-order valence-electron chi connectivity index (χ3n) is 0.469. The Bertz CT molecular complexity index is 230. The monoisotopic (exact) mass is 117 g/mol. The lowest BCUT2D eigenvalue weighted by Crippen LogP contribution is -1.55. The van der Waals surface area contributed by atoms with Crippen LogP contribution >= 0.6 is 11.6 Å². The summed E-state index contributed by atoms with van der Waals surface area (Å²) >= 11 is 5.46. The minimum absolute atomic E-state index is 0.235. The predicted molar refractivity (Wildman–Crippen MR) is 31.5 cm³/mol. The van der Waals surface area contributed by atoms with Crippen molar-refractivity contribution in [3.63, 3.8) is 0 Å². The Balaban J connectivity index is 3.60. The van der Waals surface area contributed by atoms with Gasteiger partial charge in [0.2, 0.25) is 0 Å². The summed E-state index contributed by atoms with van der Waals surface area (Å²) in [7, 11) is 0. The van der Waals surface area contributed by atoms with Crippen LogP contribution in [0.2, 0.25) is 5.02 Å². The van der Waals surface area contributed by atoms with Crippen LogP contribution in [0.4, 0.5) is 0 Å². The Morgan fingerprint density at radius 2 is 1.86 bits per heavy atom. The summed E-state index contributed by atoms with van der Waals surface area (Å²) in [5.74, 6) is 0. The quantitative estimate of drug-likeness (QED) is 0.489. The first-order valence-corrected chi connectivity index (χ1v) is 2.07. The molecule has 0 radical (unpaired) electrons. The van der Waals surface area contributed by atoms with Crippen molar-refractivity contribution >= 4 is 11.6 Å². The summed E-state index contributed by atoms with van der Waals surface area (Å²) in [4.78, 5) is 0. The number of rotatable bonds is 0. The van der Waals surface area contributed by atoms with E-state index in [4.69, 9.17) is 18.5 Å². The van der Waals surface area contributed by atoms with Crippen LogP contribution in [0.15, 0.2) is 30.2 Å². The van der Waals surface area contributed by atoms with E-state index in [0.717, 1.165) is 0 Å². The fraction of sp³-hybridized carbons (Fsp3) is 0. The van der Waals surface area contributed by atoms with Gasteiger partial charge < -0.3 is 0 Å². The molecule has 0 saturated carbocycles. The second kappa shape index (κ2) is 1.99. The highest BCUT2D eigenvalue weighted by Crippen LogP contribution is 2.03. The zero-order valence-electron chi connectivity index (χ0n) is 8.38. The van der Waals surface area contributed by atoms with Crippen LogP contribution in [0, 0.1) is 0 Å². The summed E-state index contributed by atoms with van der Waals surface area (Å²) in [6.07, 6.45) is 0. The molecular weight excluding hydrogens is 108 g/mol. The lowest BCUT2D eigenvalue weighted by atomic mass is 10.4. The van der Waals surface area contributed by atoms with Crippen molar-refractivity contribution in [1.82, 2.24) is 0 Å². The van der Waals surface area contributed by atoms with Gasteiger partial charge in [0.25, 0.3) is 0 Å². The highest BCUT2D eigenvalue weighted by atomic mass is 35.5. The summed E-state index contributed by atoms with van der Waals surface area (Å²) in [5.41, 5.74) is 0. The molecular formula is C6H5Cl. The Kier molecular flexibility index (Phi) is 0.424. The van der Waals surface area contributed by atoms with Gasteiger partial charge in [0.05, 0.1) is 6.85 Å². The van der Waals surface area contributed by atoms with Gasteiger partial charge in [0.15, 0.2) is 0 Å². The maximum absolute atomic E-state index is 7.18. The molecule has 0 N–H and O–H groups in total. The number of benzene rings is 1. The van der Waals surface area contributed by atoms with Gasteiger partial charge in [0, 0.05) is 5.02 Å². The lowest BCUT2D eigenvalue weighted by molar-refractivity contribution is 1.71. The van der Waals surface area contributed by atoms with E-state index in [-0.39, 0.29) is 17.1 Å². The Labute approximate surface area is 54.8 Å². The van der Waals surface area contributed by atoms with Gasteiger partial charge in [-0.3, -0.25) is 0 Å². The van der Waals surface area contributed by atoms with E-state index in [9.17, 15) is 0 Å². The molecule has 0 atom stereocenters. The average molecular weight is 118 g/mol. The molecule has 0 bridgehead atoms. The zero-order chi connectivity index (χ0) is 9.46. The summed E-state index contributed by atoms with van der Waals surface area (Å²) in [6.45, 7) is 0. The van der Waals surface area contributed by atoms with Crippen LogP contribution in [0.5, 0.6) is 0 Å². The molecule has 1 rings (SSSR count). The fourth-order valence-electron chi connectivity index (χ4n) is 0.235. The molecule has 1 aromatic carbocycles. The normalized spacial score (nSPS) is 18.7. The minimum atomic E-state index is -0.422. The summed E-state index contributed by atoms with van der Waals surface area (Å²) < 4.78 is 35.8. The SMILES string of the molecule is [2H]c1c([2H])c([2H])c(Cl)c([2H])c1[2H]. The van der Waals surface area contributed by atoms with E-state index < -0.39 is 18.1 Å². The van der Waals surface area contributed by atoms with E-state index in [1.54, 1.807) is 0 Å². The number of hydrogen-bond acceptors (Lipinski definition) is 0. The van der Waals surface area contributed by atoms with E-state index >= 15 is 0 Å². The van der Waals surface area contributed by atoms with Crippen LogP contribution in [0.1, 0.15) is 6.85 Å². The second-order valence-corrected chi connectivity index (χ2v) is 1.32. The zero-order valence-corrected chi connectivity index (χ0v) is 4.13.